The predicted octanol–water partition coefficient (Wildman–Crippen LogP) is 0.949. The molecular formula is C22H31N2O9P. The number of nitrogens with zero attached hydrogens (tertiary/aromatic N) is 2. The largest absolute Gasteiger partial charge is 0.481 e. The molecule has 0 spiro atoms. The molecule has 1 aliphatic heterocycles. The van der Waals surface area contributed by atoms with Gasteiger partial charge in [-0.1, -0.05) is 51.1 Å². The molecule has 0 aromatic heterocycles. The van der Waals surface area contributed by atoms with Gasteiger partial charge >= 0.3 is 23.9 Å². The third-order valence-electron chi connectivity index (χ3n) is 4.46. The third-order valence-corrected chi connectivity index (χ3v) is 5.91. The molecule has 0 aromatic rings. The van der Waals surface area contributed by atoms with Gasteiger partial charge < -0.3 is 25.2 Å². The number of aliphatic carboxylic acids is 4. The van der Waals surface area contributed by atoms with Crippen molar-refractivity contribution in [3.8, 4) is 0 Å². The van der Waals surface area contributed by atoms with E-state index in [2.05, 4.69) is 0 Å². The fourth-order valence-electron chi connectivity index (χ4n) is 2.92. The normalized spacial score (nSPS) is 16.6. The van der Waals surface area contributed by atoms with Crippen LogP contribution in [0.1, 0.15) is 6.42 Å². The molecule has 4 N–H and O–H groups in total. The number of carboxylic acid groups (broad SMARTS) is 4. The summed E-state index contributed by atoms with van der Waals surface area (Å²) in [5.74, 6) is -3.83. The zero-order chi connectivity index (χ0) is 25.3. The van der Waals surface area contributed by atoms with Crippen molar-refractivity contribution in [3.05, 3.63) is 47.8 Å². The van der Waals surface area contributed by atoms with Gasteiger partial charge in [0.25, 0.3) is 0 Å². The second kappa shape index (κ2) is 16.7. The minimum atomic E-state index is -0.998. The molecule has 1 heterocycles. The molecule has 11 nitrogen and oxygen atoms in total. The third kappa shape index (κ3) is 14.3. The molecule has 0 radical (unpaired) electrons. The van der Waals surface area contributed by atoms with E-state index in [-0.39, 0.29) is 41.3 Å². The molecule has 2 atom stereocenters. The van der Waals surface area contributed by atoms with Gasteiger partial charge in [0.05, 0.1) is 38.4 Å². The van der Waals surface area contributed by atoms with Crippen LogP contribution in [0, 0.1) is 0 Å². The van der Waals surface area contributed by atoms with Crippen LogP contribution in [0.5, 0.6) is 0 Å². The van der Waals surface area contributed by atoms with Crippen LogP contribution in [0.3, 0.4) is 0 Å². The Morgan fingerprint density at radius 3 is 2.15 bits per heavy atom. The van der Waals surface area contributed by atoms with E-state index in [1.165, 1.54) is 6.08 Å². The van der Waals surface area contributed by atoms with Crippen LogP contribution in [0.25, 0.3) is 0 Å². The molecule has 0 saturated carbocycles. The number of carbonyl (C=O) groups is 4. The molecule has 1 rings (SSSR count). The van der Waals surface area contributed by atoms with Crippen molar-refractivity contribution < 1.29 is 44.3 Å². The highest BCUT2D eigenvalue weighted by atomic mass is 31.1. The Morgan fingerprint density at radius 1 is 0.912 bits per heavy atom. The molecule has 34 heavy (non-hydrogen) atoms. The maximum absolute atomic E-state index is 11.2. The van der Waals surface area contributed by atoms with Crippen molar-refractivity contribution >= 4 is 32.5 Å². The molecule has 0 amide bonds. The van der Waals surface area contributed by atoms with E-state index in [1.54, 1.807) is 40.2 Å². The molecule has 2 unspecified atom stereocenters. The topological polar surface area (TPSA) is 165 Å². The van der Waals surface area contributed by atoms with Crippen LogP contribution in [0.2, 0.25) is 0 Å². The van der Waals surface area contributed by atoms with Crippen molar-refractivity contribution in [2.75, 3.05) is 52.5 Å². The Labute approximate surface area is 199 Å². The molecule has 0 aliphatic carbocycles. The van der Waals surface area contributed by atoms with Gasteiger partial charge in [0.1, 0.15) is 0 Å². The highest BCUT2D eigenvalue weighted by molar-refractivity contribution is 7.45. The van der Waals surface area contributed by atoms with Gasteiger partial charge in [-0.3, -0.25) is 29.0 Å². The highest BCUT2D eigenvalue weighted by Crippen LogP contribution is 2.34. The first-order chi connectivity index (χ1) is 16.2. The molecule has 0 saturated heterocycles. The van der Waals surface area contributed by atoms with E-state index in [4.69, 9.17) is 20.1 Å². The highest BCUT2D eigenvalue weighted by Gasteiger charge is 2.20. The van der Waals surface area contributed by atoms with Crippen molar-refractivity contribution in [2.24, 2.45) is 0 Å². The van der Waals surface area contributed by atoms with Crippen LogP contribution >= 0.6 is 8.58 Å². The Morgan fingerprint density at radius 2 is 1.53 bits per heavy atom. The summed E-state index contributed by atoms with van der Waals surface area (Å²) in [4.78, 5) is 47.2. The number of allylic oxidation sites excluding steroid dienone is 4. The molecule has 0 fully saturated rings. The molecule has 12 heteroatoms. The lowest BCUT2D eigenvalue weighted by Crippen LogP contribution is -2.36. The lowest BCUT2D eigenvalue weighted by molar-refractivity contribution is -0.139. The quantitative estimate of drug-likeness (QED) is 0.121. The predicted molar refractivity (Wildman–Crippen MR) is 126 cm³/mol. The lowest BCUT2D eigenvalue weighted by atomic mass is 10.3. The maximum Gasteiger partial charge on any atom is 0.317 e. The average Bonchev–Trinajstić information content (AvgIpc) is 2.74. The molecule has 0 aromatic carbocycles. The first-order valence-electron chi connectivity index (χ1n) is 10.5. The fraction of sp³-hybridized carbons (Fsp3) is 0.455. The monoisotopic (exact) mass is 498 g/mol. The fourth-order valence-corrected chi connectivity index (χ4v) is 4.16. The summed E-state index contributed by atoms with van der Waals surface area (Å²) in [5, 5.41) is 36.8. The van der Waals surface area contributed by atoms with E-state index in [0.717, 1.165) is 5.31 Å². The first kappa shape index (κ1) is 29.2. The number of rotatable bonds is 18. The smallest absolute Gasteiger partial charge is 0.317 e. The summed E-state index contributed by atoms with van der Waals surface area (Å²) in [7, 11) is 0.0475. The minimum absolute atomic E-state index is 0.0475. The van der Waals surface area contributed by atoms with Crippen molar-refractivity contribution in [2.45, 2.75) is 12.1 Å². The standard InChI is InChI=1S/C22H31N2O9P/c25-19(26)8-3-1-2-4-9-23(15-20(27)28)10-12-33-13-11-24(16-21(29)30)14-17-6-5-7-18(34-17)22(31)32/h1-7,18,34H,8-16H2,(H,25,26)(H,27,28)(H,29,30)(H,31,32)/b3-1-,4-2?. The van der Waals surface area contributed by atoms with Crippen LogP contribution in [0.4, 0.5) is 0 Å². The van der Waals surface area contributed by atoms with Crippen molar-refractivity contribution in [3.63, 3.8) is 0 Å². The van der Waals surface area contributed by atoms with Crippen LogP contribution in [0.15, 0.2) is 47.8 Å². The van der Waals surface area contributed by atoms with Crippen LogP contribution in [-0.2, 0) is 23.9 Å². The van der Waals surface area contributed by atoms with Crippen molar-refractivity contribution in [1.82, 2.24) is 9.80 Å². The first-order valence-corrected chi connectivity index (χ1v) is 11.6. The summed E-state index contributed by atoms with van der Waals surface area (Å²) in [6.45, 7) is 1.40. The van der Waals surface area contributed by atoms with Gasteiger partial charge in [-0.25, -0.2) is 0 Å². The van der Waals surface area contributed by atoms with E-state index < -0.39 is 29.5 Å². The van der Waals surface area contributed by atoms with Gasteiger partial charge in [0.2, 0.25) is 0 Å². The maximum atomic E-state index is 11.2. The summed E-state index contributed by atoms with van der Waals surface area (Å²) in [6, 6.07) is 0. The van der Waals surface area contributed by atoms with Crippen molar-refractivity contribution in [1.29, 1.82) is 0 Å². The zero-order valence-electron chi connectivity index (χ0n) is 18.7. The summed E-state index contributed by atoms with van der Waals surface area (Å²) >= 11 is 0. The second-order valence-electron chi connectivity index (χ2n) is 7.34. The molecule has 188 valence electrons. The molecule has 0 bridgehead atoms. The number of carboxylic acids is 4. The second-order valence-corrected chi connectivity index (χ2v) is 8.89. The van der Waals surface area contributed by atoms with Gasteiger partial charge in [-0.15, -0.1) is 0 Å². The number of hydrogen-bond acceptors (Lipinski definition) is 7. The average molecular weight is 498 g/mol. The molecular weight excluding hydrogens is 467 g/mol. The van der Waals surface area contributed by atoms with Gasteiger partial charge in [0, 0.05) is 26.2 Å². The molecule has 1 aliphatic rings. The number of ether oxygens (including phenoxy) is 1. The zero-order valence-corrected chi connectivity index (χ0v) is 19.7. The summed E-state index contributed by atoms with van der Waals surface area (Å²) < 4.78 is 5.58. The Bertz CT molecular complexity index is 823. The van der Waals surface area contributed by atoms with Crippen LogP contribution < -0.4 is 0 Å². The Kier molecular flexibility index (Phi) is 14.3. The SMILES string of the molecule is O=C(O)C/C=C\C=CCN(CCOCCN(CC(=O)O)CC1=CC=CC(C(=O)O)P1)CC(=O)O. The Hall–Kier alpha value is -2.85. The minimum Gasteiger partial charge on any atom is -0.481 e. The van der Waals surface area contributed by atoms with Gasteiger partial charge in [-0.05, 0) is 5.31 Å². The van der Waals surface area contributed by atoms with Gasteiger partial charge in [0.15, 0.2) is 0 Å². The Balaban J connectivity index is 2.45. The lowest BCUT2D eigenvalue weighted by Gasteiger charge is -2.24. The number of hydrogen-bond donors (Lipinski definition) is 4. The van der Waals surface area contributed by atoms with E-state index in [1.807, 2.05) is 6.08 Å². The van der Waals surface area contributed by atoms with E-state index in [9.17, 15) is 24.3 Å². The van der Waals surface area contributed by atoms with Crippen LogP contribution in [-0.4, -0.2) is 112 Å². The summed E-state index contributed by atoms with van der Waals surface area (Å²) in [6.07, 6.45) is 11.4. The van der Waals surface area contributed by atoms with E-state index in [0.29, 0.717) is 26.2 Å². The summed E-state index contributed by atoms with van der Waals surface area (Å²) in [5.41, 5.74) is -0.593. The van der Waals surface area contributed by atoms with Gasteiger partial charge in [-0.2, -0.15) is 0 Å². The van der Waals surface area contributed by atoms with E-state index >= 15 is 0 Å².